The Labute approximate surface area is 223 Å². The zero-order chi connectivity index (χ0) is 25.6. The Morgan fingerprint density at radius 1 is 1.00 bits per heavy atom. The highest BCUT2D eigenvalue weighted by Gasteiger charge is 2.27. The lowest BCUT2D eigenvalue weighted by atomic mass is 9.90. The van der Waals surface area contributed by atoms with E-state index in [2.05, 4.69) is 25.9 Å². The van der Waals surface area contributed by atoms with Gasteiger partial charge in [0.15, 0.2) is 0 Å². The number of hydrogen-bond acceptors (Lipinski definition) is 7. The third kappa shape index (κ3) is 6.54. The molecule has 1 aromatic heterocycles. The van der Waals surface area contributed by atoms with Crippen molar-refractivity contribution >= 4 is 45.7 Å². The fourth-order valence-corrected chi connectivity index (χ4v) is 5.77. The summed E-state index contributed by atoms with van der Waals surface area (Å²) in [5.41, 5.74) is 2.06. The number of carbonyl (C=O) groups is 1. The number of aromatic nitrogens is 2. The molecule has 2 saturated carbocycles. The van der Waals surface area contributed by atoms with Gasteiger partial charge in [0, 0.05) is 47.7 Å². The SMILES string of the molecule is N=C1CC=CN=C1CN[C@@H]1CCCC[C@@H]1Nc1nc(C(=O)NC2CCCCCC2)nc2ccc(Cl)cc12. The monoisotopic (exact) mass is 521 g/mol. The number of hydrogen-bond donors (Lipinski definition) is 4. The van der Waals surface area contributed by atoms with Crippen molar-refractivity contribution in [2.24, 2.45) is 4.99 Å². The van der Waals surface area contributed by atoms with E-state index >= 15 is 0 Å². The van der Waals surface area contributed by atoms with Crippen LogP contribution in [0.2, 0.25) is 5.02 Å². The number of allylic oxidation sites excluding steroid dienone is 1. The van der Waals surface area contributed by atoms with Gasteiger partial charge in [-0.1, -0.05) is 56.2 Å². The van der Waals surface area contributed by atoms with E-state index in [0.717, 1.165) is 62.5 Å². The molecule has 0 saturated heterocycles. The van der Waals surface area contributed by atoms with Gasteiger partial charge in [0.25, 0.3) is 5.91 Å². The standard InChI is InChI=1S/C28H36ClN7O/c29-18-13-14-22-20(16-18)26(36-27(34-22)28(37)33-19-8-3-1-2-4-9-19)35-24-12-6-5-11-23(24)32-17-25-21(30)10-7-15-31-25/h7,13-16,19,23-24,30,32H,1-6,8-12,17H2,(H,33,37)(H,34,35,36)/t23-,24+/m1/s1. The van der Waals surface area contributed by atoms with Gasteiger partial charge >= 0.3 is 0 Å². The van der Waals surface area contributed by atoms with Gasteiger partial charge in [0.1, 0.15) is 5.82 Å². The summed E-state index contributed by atoms with van der Waals surface area (Å²) in [5.74, 6) is 0.619. The first-order chi connectivity index (χ1) is 18.1. The van der Waals surface area contributed by atoms with Crippen LogP contribution in [0, 0.1) is 5.41 Å². The van der Waals surface area contributed by atoms with Gasteiger partial charge in [-0.2, -0.15) is 0 Å². The summed E-state index contributed by atoms with van der Waals surface area (Å²) in [6, 6.07) is 6.01. The van der Waals surface area contributed by atoms with Crippen molar-refractivity contribution in [3.63, 3.8) is 0 Å². The highest BCUT2D eigenvalue weighted by molar-refractivity contribution is 6.42. The summed E-state index contributed by atoms with van der Waals surface area (Å²) < 4.78 is 0. The highest BCUT2D eigenvalue weighted by Crippen LogP contribution is 2.28. The van der Waals surface area contributed by atoms with E-state index in [1.54, 1.807) is 12.3 Å². The Balaban J connectivity index is 1.36. The van der Waals surface area contributed by atoms with Crippen molar-refractivity contribution in [2.75, 3.05) is 11.9 Å². The summed E-state index contributed by atoms with van der Waals surface area (Å²) in [7, 11) is 0. The van der Waals surface area contributed by atoms with Gasteiger partial charge in [-0.3, -0.25) is 9.79 Å². The lowest BCUT2D eigenvalue weighted by Gasteiger charge is -2.34. The van der Waals surface area contributed by atoms with E-state index in [9.17, 15) is 4.79 Å². The summed E-state index contributed by atoms with van der Waals surface area (Å²) in [6.45, 7) is 0.567. The zero-order valence-corrected chi connectivity index (χ0v) is 22.0. The van der Waals surface area contributed by atoms with Crippen molar-refractivity contribution in [3.05, 3.63) is 41.3 Å². The zero-order valence-electron chi connectivity index (χ0n) is 21.2. The number of aliphatic imine (C=N–C) groups is 1. The third-order valence-corrected chi connectivity index (χ3v) is 7.91. The Bertz CT molecular complexity index is 1200. The third-order valence-electron chi connectivity index (χ3n) is 7.68. The predicted octanol–water partition coefficient (Wildman–Crippen LogP) is 5.43. The fourth-order valence-electron chi connectivity index (χ4n) is 5.60. The summed E-state index contributed by atoms with van der Waals surface area (Å²) in [5, 5.41) is 20.0. The van der Waals surface area contributed by atoms with Crippen LogP contribution >= 0.6 is 11.6 Å². The van der Waals surface area contributed by atoms with Crippen LogP contribution in [0.3, 0.4) is 0 Å². The maximum Gasteiger partial charge on any atom is 0.289 e. The highest BCUT2D eigenvalue weighted by atomic mass is 35.5. The van der Waals surface area contributed by atoms with Gasteiger partial charge < -0.3 is 21.4 Å². The number of halogens is 1. The maximum absolute atomic E-state index is 13.2. The largest absolute Gasteiger partial charge is 0.365 e. The first-order valence-electron chi connectivity index (χ1n) is 13.6. The Morgan fingerprint density at radius 3 is 2.54 bits per heavy atom. The molecule has 1 aromatic carbocycles. The van der Waals surface area contributed by atoms with Crippen molar-refractivity contribution in [2.45, 2.75) is 88.8 Å². The molecule has 9 heteroatoms. The van der Waals surface area contributed by atoms with E-state index < -0.39 is 0 Å². The van der Waals surface area contributed by atoms with Crippen LogP contribution < -0.4 is 16.0 Å². The average Bonchev–Trinajstić information content (AvgIpc) is 3.18. The molecule has 0 spiro atoms. The number of rotatable bonds is 7. The molecule has 2 fully saturated rings. The number of anilines is 1. The van der Waals surface area contributed by atoms with Crippen molar-refractivity contribution in [1.82, 2.24) is 20.6 Å². The molecule has 3 aliphatic rings. The molecule has 37 heavy (non-hydrogen) atoms. The molecule has 4 N–H and O–H groups in total. The Kier molecular flexibility index (Phi) is 8.46. The summed E-state index contributed by atoms with van der Waals surface area (Å²) >= 11 is 6.34. The number of amides is 1. The lowest BCUT2D eigenvalue weighted by molar-refractivity contribution is 0.0923. The minimum atomic E-state index is -0.216. The molecule has 0 radical (unpaired) electrons. The molecule has 2 aliphatic carbocycles. The van der Waals surface area contributed by atoms with E-state index in [-0.39, 0.29) is 29.9 Å². The normalized spacial score (nSPS) is 22.9. The van der Waals surface area contributed by atoms with Crippen molar-refractivity contribution < 1.29 is 4.79 Å². The summed E-state index contributed by atoms with van der Waals surface area (Å²) in [6.07, 6.45) is 15.4. The number of carbonyl (C=O) groups excluding carboxylic acids is 1. The maximum atomic E-state index is 13.2. The van der Waals surface area contributed by atoms with Crippen LogP contribution in [-0.4, -0.2) is 52.0 Å². The van der Waals surface area contributed by atoms with Crippen LogP contribution in [0.15, 0.2) is 35.5 Å². The van der Waals surface area contributed by atoms with Crippen LogP contribution in [-0.2, 0) is 0 Å². The molecule has 0 bridgehead atoms. The van der Waals surface area contributed by atoms with E-state index in [4.69, 9.17) is 22.0 Å². The molecular weight excluding hydrogens is 486 g/mol. The van der Waals surface area contributed by atoms with E-state index in [0.29, 0.717) is 35.0 Å². The van der Waals surface area contributed by atoms with Gasteiger partial charge in [-0.25, -0.2) is 9.97 Å². The predicted molar refractivity (Wildman–Crippen MR) is 150 cm³/mol. The van der Waals surface area contributed by atoms with Crippen LogP contribution in [0.4, 0.5) is 5.82 Å². The Morgan fingerprint density at radius 2 is 1.76 bits per heavy atom. The molecule has 8 nitrogen and oxygen atoms in total. The van der Waals surface area contributed by atoms with Gasteiger partial charge in [0.2, 0.25) is 5.82 Å². The molecule has 5 rings (SSSR count). The average molecular weight is 522 g/mol. The van der Waals surface area contributed by atoms with Crippen LogP contribution in [0.5, 0.6) is 0 Å². The minimum Gasteiger partial charge on any atom is -0.365 e. The van der Waals surface area contributed by atoms with Crippen molar-refractivity contribution in [1.29, 1.82) is 5.41 Å². The second-order valence-corrected chi connectivity index (χ2v) is 10.8. The van der Waals surface area contributed by atoms with Crippen LogP contribution in [0.25, 0.3) is 10.9 Å². The molecule has 0 unspecified atom stereocenters. The van der Waals surface area contributed by atoms with Gasteiger partial charge in [0.05, 0.1) is 16.9 Å². The molecule has 2 aromatic rings. The molecule has 2 heterocycles. The van der Waals surface area contributed by atoms with E-state index in [1.807, 2.05) is 18.2 Å². The molecule has 1 amide bonds. The number of benzene rings is 1. The van der Waals surface area contributed by atoms with E-state index in [1.165, 1.54) is 12.8 Å². The summed E-state index contributed by atoms with van der Waals surface area (Å²) in [4.78, 5) is 26.9. The molecular formula is C28H36ClN7O. The Hall–Kier alpha value is -2.84. The smallest absolute Gasteiger partial charge is 0.289 e. The molecule has 1 aliphatic heterocycles. The topological polar surface area (TPSA) is 115 Å². The lowest BCUT2D eigenvalue weighted by Crippen LogP contribution is -2.48. The second kappa shape index (κ2) is 12.1. The quantitative estimate of drug-likeness (QED) is 0.363. The van der Waals surface area contributed by atoms with Gasteiger partial charge in [-0.15, -0.1) is 0 Å². The van der Waals surface area contributed by atoms with Crippen molar-refractivity contribution in [3.8, 4) is 0 Å². The number of nitrogens with zero attached hydrogens (tertiary/aromatic N) is 3. The first kappa shape index (κ1) is 25.8. The van der Waals surface area contributed by atoms with Crippen LogP contribution in [0.1, 0.15) is 81.2 Å². The first-order valence-corrected chi connectivity index (χ1v) is 14.0. The minimum absolute atomic E-state index is 0.123. The molecule has 196 valence electrons. The fraction of sp³-hybridized carbons (Fsp3) is 0.536. The number of nitrogens with one attached hydrogen (secondary N) is 4. The number of fused-ring (bicyclic) bond motifs is 1. The van der Waals surface area contributed by atoms with Gasteiger partial charge in [-0.05, 0) is 43.9 Å². The molecule has 2 atom stereocenters. The second-order valence-electron chi connectivity index (χ2n) is 10.4.